The molecule has 0 spiro atoms. The van der Waals surface area contributed by atoms with Gasteiger partial charge in [0.1, 0.15) is 5.78 Å². The van der Waals surface area contributed by atoms with Crippen LogP contribution in [0.2, 0.25) is 0 Å². The molecule has 0 atom stereocenters. The van der Waals surface area contributed by atoms with Crippen molar-refractivity contribution < 1.29 is 9.59 Å². The van der Waals surface area contributed by atoms with E-state index in [-0.39, 0.29) is 11.7 Å². The fraction of sp³-hybridized carbons (Fsp3) is 0.231. The Morgan fingerprint density at radius 1 is 1.24 bits per heavy atom. The van der Waals surface area contributed by atoms with Crippen molar-refractivity contribution in [1.82, 2.24) is 10.9 Å². The van der Waals surface area contributed by atoms with E-state index in [0.29, 0.717) is 12.8 Å². The summed E-state index contributed by atoms with van der Waals surface area (Å²) in [6.07, 6.45) is 2.69. The molecule has 1 amide bonds. The predicted molar refractivity (Wildman–Crippen MR) is 64.7 cm³/mol. The van der Waals surface area contributed by atoms with Crippen LogP contribution in [0.15, 0.2) is 30.3 Å². The smallest absolute Gasteiger partial charge is 0.242 e. The molecule has 1 aromatic rings. The summed E-state index contributed by atoms with van der Waals surface area (Å²) in [6, 6.07) is 7.73. The third-order valence-corrected chi connectivity index (χ3v) is 2.55. The van der Waals surface area contributed by atoms with Gasteiger partial charge in [0.25, 0.3) is 0 Å². The van der Waals surface area contributed by atoms with Gasteiger partial charge in [-0.05, 0) is 24.1 Å². The summed E-state index contributed by atoms with van der Waals surface area (Å²) in [7, 11) is 0. The van der Waals surface area contributed by atoms with Gasteiger partial charge in [0, 0.05) is 12.8 Å². The van der Waals surface area contributed by atoms with Gasteiger partial charge < -0.3 is 0 Å². The summed E-state index contributed by atoms with van der Waals surface area (Å²) >= 11 is 0. The number of amides is 1. The zero-order chi connectivity index (χ0) is 12.3. The number of Topliss-reactive ketones (excluding diaryl/α,β-unsaturated/α-hetero) is 1. The standard InChI is InChI=1S/C13H14N2O2/c1-9(16)8-10-2-4-11(5-3-10)12-6-7-13(17)15-14-12/h2-6,14H,7-8H2,1H3,(H,15,17). The lowest BCUT2D eigenvalue weighted by atomic mass is 10.0. The number of hydrogen-bond donors (Lipinski definition) is 2. The van der Waals surface area contributed by atoms with E-state index in [4.69, 9.17) is 0 Å². The quantitative estimate of drug-likeness (QED) is 0.819. The lowest BCUT2D eigenvalue weighted by molar-refractivity contribution is -0.121. The van der Waals surface area contributed by atoms with E-state index in [1.54, 1.807) is 6.92 Å². The topological polar surface area (TPSA) is 58.2 Å². The van der Waals surface area contributed by atoms with E-state index in [1.807, 2.05) is 30.3 Å². The van der Waals surface area contributed by atoms with Crippen molar-refractivity contribution in [1.29, 1.82) is 0 Å². The fourth-order valence-corrected chi connectivity index (χ4v) is 1.71. The van der Waals surface area contributed by atoms with Crippen LogP contribution in [0.3, 0.4) is 0 Å². The van der Waals surface area contributed by atoms with E-state index in [0.717, 1.165) is 16.8 Å². The number of carbonyl (C=O) groups excluding carboxylic acids is 2. The zero-order valence-corrected chi connectivity index (χ0v) is 9.62. The van der Waals surface area contributed by atoms with Crippen molar-refractivity contribution in [3.05, 3.63) is 41.5 Å². The van der Waals surface area contributed by atoms with Gasteiger partial charge in [-0.25, -0.2) is 0 Å². The Bertz CT molecular complexity index is 475. The Hall–Kier alpha value is -2.10. The highest BCUT2D eigenvalue weighted by atomic mass is 16.2. The first-order chi connectivity index (χ1) is 8.15. The number of hydrazine groups is 1. The average molecular weight is 230 g/mol. The Labute approximate surface area is 99.7 Å². The number of benzene rings is 1. The van der Waals surface area contributed by atoms with E-state index in [9.17, 15) is 9.59 Å². The monoisotopic (exact) mass is 230 g/mol. The second kappa shape index (κ2) is 4.82. The van der Waals surface area contributed by atoms with Gasteiger partial charge in [-0.1, -0.05) is 24.3 Å². The molecule has 0 fully saturated rings. The van der Waals surface area contributed by atoms with Crippen molar-refractivity contribution >= 4 is 17.4 Å². The van der Waals surface area contributed by atoms with Gasteiger partial charge in [-0.3, -0.25) is 20.4 Å². The minimum atomic E-state index is -0.0399. The second-order valence-corrected chi connectivity index (χ2v) is 4.07. The third kappa shape index (κ3) is 2.93. The van der Waals surface area contributed by atoms with Crippen LogP contribution >= 0.6 is 0 Å². The Kier molecular flexibility index (Phi) is 3.23. The van der Waals surface area contributed by atoms with Crippen molar-refractivity contribution in [2.24, 2.45) is 0 Å². The van der Waals surface area contributed by atoms with Gasteiger partial charge in [-0.15, -0.1) is 0 Å². The molecule has 0 saturated carbocycles. The normalized spacial score (nSPS) is 14.6. The maximum atomic E-state index is 11.0. The van der Waals surface area contributed by atoms with Crippen molar-refractivity contribution in [2.75, 3.05) is 0 Å². The molecule has 17 heavy (non-hydrogen) atoms. The first-order valence-corrected chi connectivity index (χ1v) is 5.49. The van der Waals surface area contributed by atoms with E-state index < -0.39 is 0 Å². The molecule has 1 aliphatic heterocycles. The Morgan fingerprint density at radius 3 is 2.47 bits per heavy atom. The van der Waals surface area contributed by atoms with Crippen molar-refractivity contribution in [3.8, 4) is 0 Å². The van der Waals surface area contributed by atoms with Crippen LogP contribution in [0.4, 0.5) is 0 Å². The molecule has 0 aliphatic carbocycles. The highest BCUT2D eigenvalue weighted by Gasteiger charge is 2.09. The second-order valence-electron chi connectivity index (χ2n) is 4.07. The maximum Gasteiger partial charge on any atom is 0.242 e. The van der Waals surface area contributed by atoms with Crippen LogP contribution in [0.5, 0.6) is 0 Å². The number of hydrogen-bond acceptors (Lipinski definition) is 3. The zero-order valence-electron chi connectivity index (χ0n) is 9.62. The minimum Gasteiger partial charge on any atom is -0.300 e. The summed E-state index contributed by atoms with van der Waals surface area (Å²) in [4.78, 5) is 21.9. The van der Waals surface area contributed by atoms with Crippen LogP contribution in [-0.2, 0) is 16.0 Å². The van der Waals surface area contributed by atoms with Crippen LogP contribution in [0.25, 0.3) is 5.70 Å². The highest BCUT2D eigenvalue weighted by molar-refractivity contribution is 5.83. The number of carbonyl (C=O) groups is 2. The van der Waals surface area contributed by atoms with Gasteiger partial charge in [0.15, 0.2) is 0 Å². The molecule has 0 radical (unpaired) electrons. The van der Waals surface area contributed by atoms with Gasteiger partial charge in [0.2, 0.25) is 5.91 Å². The molecule has 4 nitrogen and oxygen atoms in total. The van der Waals surface area contributed by atoms with Crippen LogP contribution < -0.4 is 10.9 Å². The van der Waals surface area contributed by atoms with E-state index in [1.165, 1.54) is 0 Å². The largest absolute Gasteiger partial charge is 0.300 e. The Balaban J connectivity index is 2.12. The predicted octanol–water partition coefficient (Wildman–Crippen LogP) is 1.18. The molecule has 88 valence electrons. The first kappa shape index (κ1) is 11.4. The summed E-state index contributed by atoms with van der Waals surface area (Å²) < 4.78 is 0. The summed E-state index contributed by atoms with van der Waals surface area (Å²) in [6.45, 7) is 1.58. The number of nitrogens with one attached hydrogen (secondary N) is 2. The average Bonchev–Trinajstić information content (AvgIpc) is 2.30. The summed E-state index contributed by atoms with van der Waals surface area (Å²) in [5, 5.41) is 0. The molecule has 4 heteroatoms. The molecular formula is C13H14N2O2. The molecule has 0 bridgehead atoms. The molecule has 2 rings (SSSR count). The minimum absolute atomic E-state index is 0.0399. The molecule has 1 aromatic carbocycles. The number of rotatable bonds is 3. The third-order valence-electron chi connectivity index (χ3n) is 2.55. The maximum absolute atomic E-state index is 11.0. The SMILES string of the molecule is CC(=O)Cc1ccc(C2=CCC(=O)NN2)cc1. The lowest BCUT2D eigenvalue weighted by Crippen LogP contribution is -2.38. The van der Waals surface area contributed by atoms with E-state index in [2.05, 4.69) is 10.9 Å². The van der Waals surface area contributed by atoms with Crippen LogP contribution in [-0.4, -0.2) is 11.7 Å². The first-order valence-electron chi connectivity index (χ1n) is 5.49. The van der Waals surface area contributed by atoms with Crippen molar-refractivity contribution in [3.63, 3.8) is 0 Å². The summed E-state index contributed by atoms with van der Waals surface area (Å²) in [5.41, 5.74) is 8.29. The molecule has 0 aromatic heterocycles. The molecule has 1 aliphatic rings. The van der Waals surface area contributed by atoms with Gasteiger partial charge in [0.05, 0.1) is 5.70 Å². The van der Waals surface area contributed by atoms with Gasteiger partial charge in [-0.2, -0.15) is 0 Å². The molecule has 1 heterocycles. The Morgan fingerprint density at radius 2 is 1.94 bits per heavy atom. The fourth-order valence-electron chi connectivity index (χ4n) is 1.71. The molecule has 0 unspecified atom stereocenters. The van der Waals surface area contributed by atoms with Crippen molar-refractivity contribution in [2.45, 2.75) is 19.8 Å². The summed E-state index contributed by atoms with van der Waals surface area (Å²) in [5.74, 6) is 0.113. The van der Waals surface area contributed by atoms with Crippen LogP contribution in [0, 0.1) is 0 Å². The molecule has 2 N–H and O–H groups in total. The highest BCUT2D eigenvalue weighted by Crippen LogP contribution is 2.15. The van der Waals surface area contributed by atoms with E-state index >= 15 is 0 Å². The van der Waals surface area contributed by atoms with Gasteiger partial charge >= 0.3 is 0 Å². The molecule has 0 saturated heterocycles. The lowest BCUT2D eigenvalue weighted by Gasteiger charge is -2.16. The molecular weight excluding hydrogens is 216 g/mol. The van der Waals surface area contributed by atoms with Crippen LogP contribution in [0.1, 0.15) is 24.5 Å². The number of ketones is 1.